The summed E-state index contributed by atoms with van der Waals surface area (Å²) in [5.41, 5.74) is 2.60. The predicted octanol–water partition coefficient (Wildman–Crippen LogP) is 3.81. The summed E-state index contributed by atoms with van der Waals surface area (Å²) in [5, 5.41) is 0. The fraction of sp³-hybridized carbons (Fsp3) is 0.200. The van der Waals surface area contributed by atoms with Crippen LogP contribution in [-0.2, 0) is 0 Å². The lowest BCUT2D eigenvalue weighted by atomic mass is 10.2. The first-order valence-corrected chi connectivity index (χ1v) is 6.85. The van der Waals surface area contributed by atoms with Crippen molar-refractivity contribution >= 4 is 23.1 Å². The van der Waals surface area contributed by atoms with Gasteiger partial charge in [0.1, 0.15) is 0 Å². The summed E-state index contributed by atoms with van der Waals surface area (Å²) in [6.07, 6.45) is 0. The number of para-hydroxylation sites is 2. The molecule has 3 heteroatoms. The number of nitrogens with zero attached hydrogens (tertiary/aromatic N) is 2. The normalized spacial score (nSPS) is 13.4. The van der Waals surface area contributed by atoms with Gasteiger partial charge in [0, 0.05) is 9.79 Å². The van der Waals surface area contributed by atoms with E-state index in [-0.39, 0.29) is 0 Å². The summed E-state index contributed by atoms with van der Waals surface area (Å²) in [6.45, 7) is 0.897. The van der Waals surface area contributed by atoms with Crippen molar-refractivity contribution < 1.29 is 0 Å². The van der Waals surface area contributed by atoms with E-state index in [0.717, 1.165) is 6.67 Å². The zero-order valence-corrected chi connectivity index (χ0v) is 11.4. The van der Waals surface area contributed by atoms with Crippen LogP contribution in [0.5, 0.6) is 0 Å². The van der Waals surface area contributed by atoms with Crippen LogP contribution in [0.15, 0.2) is 58.3 Å². The highest BCUT2D eigenvalue weighted by Gasteiger charge is 2.22. The number of hydrogen-bond acceptors (Lipinski definition) is 3. The van der Waals surface area contributed by atoms with E-state index < -0.39 is 0 Å². The lowest BCUT2D eigenvalue weighted by Gasteiger charge is -2.34. The van der Waals surface area contributed by atoms with Crippen molar-refractivity contribution in [1.29, 1.82) is 0 Å². The van der Waals surface area contributed by atoms with Crippen LogP contribution in [-0.4, -0.2) is 25.7 Å². The fourth-order valence-electron chi connectivity index (χ4n) is 2.22. The first-order valence-electron chi connectivity index (χ1n) is 6.04. The average molecular weight is 256 g/mol. The molecule has 3 rings (SSSR count). The highest BCUT2D eigenvalue weighted by atomic mass is 32.2. The van der Waals surface area contributed by atoms with Crippen molar-refractivity contribution in [3.05, 3.63) is 48.5 Å². The fourth-order valence-corrected chi connectivity index (χ4v) is 3.31. The lowest BCUT2D eigenvalue weighted by Crippen LogP contribution is -2.31. The molecular formula is C15H16N2S. The van der Waals surface area contributed by atoms with Crippen molar-refractivity contribution in [2.45, 2.75) is 9.79 Å². The van der Waals surface area contributed by atoms with Gasteiger partial charge in [-0.1, -0.05) is 36.0 Å². The largest absolute Gasteiger partial charge is 0.326 e. The van der Waals surface area contributed by atoms with Crippen LogP contribution in [0.25, 0.3) is 0 Å². The Morgan fingerprint density at radius 3 is 1.89 bits per heavy atom. The molecule has 0 atom stereocenters. The van der Waals surface area contributed by atoms with Crippen LogP contribution in [0.1, 0.15) is 0 Å². The first kappa shape index (κ1) is 11.6. The monoisotopic (exact) mass is 256 g/mol. The average Bonchev–Trinajstić information content (AvgIpc) is 2.38. The third-order valence-electron chi connectivity index (χ3n) is 2.96. The molecule has 0 bridgehead atoms. The first-order chi connectivity index (χ1) is 8.75. The molecule has 1 heterocycles. The zero-order chi connectivity index (χ0) is 12.5. The summed E-state index contributed by atoms with van der Waals surface area (Å²) in [5.74, 6) is 0. The van der Waals surface area contributed by atoms with E-state index >= 15 is 0 Å². The molecule has 92 valence electrons. The molecule has 0 saturated carbocycles. The molecule has 0 saturated heterocycles. The smallest absolute Gasteiger partial charge is 0.0752 e. The molecular weight excluding hydrogens is 240 g/mol. The Labute approximate surface area is 112 Å². The number of anilines is 2. The molecule has 0 N–H and O–H groups in total. The molecule has 1 aliphatic rings. The second kappa shape index (κ2) is 4.67. The van der Waals surface area contributed by atoms with Gasteiger partial charge >= 0.3 is 0 Å². The maximum absolute atomic E-state index is 2.38. The van der Waals surface area contributed by atoms with Crippen LogP contribution in [0.2, 0.25) is 0 Å². The van der Waals surface area contributed by atoms with Crippen molar-refractivity contribution in [1.82, 2.24) is 4.90 Å². The van der Waals surface area contributed by atoms with Gasteiger partial charge in [0.15, 0.2) is 0 Å². The van der Waals surface area contributed by atoms with Gasteiger partial charge in [0.05, 0.1) is 18.0 Å². The Morgan fingerprint density at radius 2 is 1.39 bits per heavy atom. The molecule has 18 heavy (non-hydrogen) atoms. The highest BCUT2D eigenvalue weighted by molar-refractivity contribution is 7.99. The summed E-state index contributed by atoms with van der Waals surface area (Å²) in [6, 6.07) is 17.2. The Kier molecular flexibility index (Phi) is 3.02. The minimum Gasteiger partial charge on any atom is -0.326 e. The van der Waals surface area contributed by atoms with E-state index in [4.69, 9.17) is 0 Å². The van der Waals surface area contributed by atoms with Crippen molar-refractivity contribution in [3.63, 3.8) is 0 Å². The van der Waals surface area contributed by atoms with E-state index in [2.05, 4.69) is 72.4 Å². The van der Waals surface area contributed by atoms with Crippen LogP contribution >= 0.6 is 11.8 Å². The van der Waals surface area contributed by atoms with E-state index in [1.54, 1.807) is 0 Å². The molecule has 0 radical (unpaired) electrons. The third-order valence-corrected chi connectivity index (χ3v) is 4.09. The van der Waals surface area contributed by atoms with Crippen LogP contribution < -0.4 is 4.90 Å². The van der Waals surface area contributed by atoms with Gasteiger partial charge in [-0.05, 0) is 38.4 Å². The molecule has 0 unspecified atom stereocenters. The molecule has 0 amide bonds. The molecule has 2 aromatic carbocycles. The third kappa shape index (κ3) is 2.00. The van der Waals surface area contributed by atoms with Crippen molar-refractivity contribution in [2.24, 2.45) is 0 Å². The maximum Gasteiger partial charge on any atom is 0.0752 e. The number of rotatable bonds is 2. The molecule has 0 fully saturated rings. The van der Waals surface area contributed by atoms with Crippen LogP contribution in [0.4, 0.5) is 11.4 Å². The second-order valence-corrected chi connectivity index (χ2v) is 5.77. The van der Waals surface area contributed by atoms with E-state index in [1.807, 2.05) is 11.8 Å². The van der Waals surface area contributed by atoms with E-state index in [9.17, 15) is 0 Å². The van der Waals surface area contributed by atoms with Crippen molar-refractivity contribution in [2.75, 3.05) is 25.7 Å². The molecule has 0 aromatic heterocycles. The van der Waals surface area contributed by atoms with Gasteiger partial charge in [-0.2, -0.15) is 0 Å². The number of benzene rings is 2. The second-order valence-electron chi connectivity index (χ2n) is 4.69. The summed E-state index contributed by atoms with van der Waals surface area (Å²) < 4.78 is 0. The maximum atomic E-state index is 2.38. The zero-order valence-electron chi connectivity index (χ0n) is 10.6. The van der Waals surface area contributed by atoms with Gasteiger partial charge in [0.25, 0.3) is 0 Å². The Bertz CT molecular complexity index is 520. The number of hydrogen-bond donors (Lipinski definition) is 0. The van der Waals surface area contributed by atoms with Gasteiger partial charge in [0.2, 0.25) is 0 Å². The highest BCUT2D eigenvalue weighted by Crippen LogP contribution is 2.47. The van der Waals surface area contributed by atoms with Gasteiger partial charge in [-0.15, -0.1) is 0 Å². The van der Waals surface area contributed by atoms with Gasteiger partial charge in [-0.3, -0.25) is 4.90 Å². The van der Waals surface area contributed by atoms with Gasteiger partial charge < -0.3 is 4.90 Å². The minimum atomic E-state index is 0.897. The van der Waals surface area contributed by atoms with E-state index in [0.29, 0.717) is 0 Å². The summed E-state index contributed by atoms with van der Waals surface area (Å²) >= 11 is 1.85. The molecule has 2 aromatic rings. The Hall–Kier alpha value is -1.45. The topological polar surface area (TPSA) is 6.48 Å². The summed E-state index contributed by atoms with van der Waals surface area (Å²) in [4.78, 5) is 7.24. The lowest BCUT2D eigenvalue weighted by molar-refractivity contribution is 0.417. The molecule has 0 aliphatic carbocycles. The Morgan fingerprint density at radius 1 is 0.889 bits per heavy atom. The molecule has 0 spiro atoms. The van der Waals surface area contributed by atoms with Crippen LogP contribution in [0, 0.1) is 0 Å². The summed E-state index contributed by atoms with van der Waals surface area (Å²) in [7, 11) is 4.21. The Balaban J connectivity index is 2.11. The molecule has 2 nitrogen and oxygen atoms in total. The number of fused-ring (bicyclic) bond motifs is 2. The van der Waals surface area contributed by atoms with Crippen LogP contribution in [0.3, 0.4) is 0 Å². The standard InChI is InChI=1S/C15H16N2S/c1-16(2)11-17-12-7-3-5-9-14(12)18-15-10-6-4-8-13(15)17/h3-10H,11H2,1-2H3. The predicted molar refractivity (Wildman–Crippen MR) is 77.7 cm³/mol. The van der Waals surface area contributed by atoms with Gasteiger partial charge in [-0.25, -0.2) is 0 Å². The SMILES string of the molecule is CN(C)CN1c2ccccc2Sc2ccccc21. The molecule has 1 aliphatic heterocycles. The minimum absolute atomic E-state index is 0.897. The van der Waals surface area contributed by atoms with Crippen molar-refractivity contribution in [3.8, 4) is 0 Å². The van der Waals surface area contributed by atoms with E-state index in [1.165, 1.54) is 21.2 Å². The quantitative estimate of drug-likeness (QED) is 0.807.